The Morgan fingerprint density at radius 3 is 2.62 bits per heavy atom. The lowest BCUT2D eigenvalue weighted by Crippen LogP contribution is -2.05. The fraction of sp³-hybridized carbons (Fsp3) is 0.538. The molecule has 1 fully saturated rings. The second kappa shape index (κ2) is 3.67. The van der Waals surface area contributed by atoms with Gasteiger partial charge in [0.2, 0.25) is 0 Å². The smallest absolute Gasteiger partial charge is 0.160 e. The molecule has 0 saturated heterocycles. The highest BCUT2D eigenvalue weighted by molar-refractivity contribution is 5.45. The molecule has 1 saturated carbocycles. The van der Waals surface area contributed by atoms with E-state index in [9.17, 15) is 5.11 Å². The molecule has 1 aliphatic rings. The summed E-state index contributed by atoms with van der Waals surface area (Å²) < 4.78 is 5.12. The molecule has 3 nitrogen and oxygen atoms in total. The summed E-state index contributed by atoms with van der Waals surface area (Å²) in [5.41, 5.74) is 7.22. The standard InChI is InChI=1S/C13H19NO2/c1-13(2)9(7-14)12(13)8-4-5-10(15)11(6-8)16-3/h4-6,9,12,15H,7,14H2,1-3H3/t9-,12-/m0/s1. The van der Waals surface area contributed by atoms with Crippen molar-refractivity contribution in [2.45, 2.75) is 19.8 Å². The van der Waals surface area contributed by atoms with Gasteiger partial charge in [-0.2, -0.15) is 0 Å². The van der Waals surface area contributed by atoms with Crippen LogP contribution in [-0.2, 0) is 0 Å². The van der Waals surface area contributed by atoms with Crippen molar-refractivity contribution in [2.24, 2.45) is 17.1 Å². The minimum absolute atomic E-state index is 0.189. The fourth-order valence-electron chi connectivity index (χ4n) is 2.73. The molecule has 3 heteroatoms. The van der Waals surface area contributed by atoms with Crippen LogP contribution in [0.15, 0.2) is 18.2 Å². The summed E-state index contributed by atoms with van der Waals surface area (Å²) in [6, 6.07) is 5.56. The highest BCUT2D eigenvalue weighted by atomic mass is 16.5. The van der Waals surface area contributed by atoms with Gasteiger partial charge in [-0.25, -0.2) is 0 Å². The van der Waals surface area contributed by atoms with E-state index in [1.807, 2.05) is 12.1 Å². The predicted molar refractivity (Wildman–Crippen MR) is 63.7 cm³/mol. The van der Waals surface area contributed by atoms with Crippen LogP contribution in [0.3, 0.4) is 0 Å². The van der Waals surface area contributed by atoms with Gasteiger partial charge < -0.3 is 15.6 Å². The number of rotatable bonds is 3. The van der Waals surface area contributed by atoms with Gasteiger partial charge in [-0.05, 0) is 41.5 Å². The van der Waals surface area contributed by atoms with Gasteiger partial charge in [0.05, 0.1) is 7.11 Å². The van der Waals surface area contributed by atoms with Gasteiger partial charge in [-0.1, -0.05) is 19.9 Å². The lowest BCUT2D eigenvalue weighted by molar-refractivity contribution is 0.373. The van der Waals surface area contributed by atoms with Crippen LogP contribution in [-0.4, -0.2) is 18.8 Å². The summed E-state index contributed by atoms with van der Waals surface area (Å²) in [7, 11) is 1.57. The monoisotopic (exact) mass is 221 g/mol. The Balaban J connectivity index is 2.30. The van der Waals surface area contributed by atoms with E-state index >= 15 is 0 Å². The number of hydrogen-bond acceptors (Lipinski definition) is 3. The second-order valence-electron chi connectivity index (χ2n) is 5.07. The van der Waals surface area contributed by atoms with E-state index in [1.54, 1.807) is 13.2 Å². The summed E-state index contributed by atoms with van der Waals surface area (Å²) in [6.45, 7) is 5.17. The van der Waals surface area contributed by atoms with Crippen LogP contribution < -0.4 is 10.5 Å². The van der Waals surface area contributed by atoms with Gasteiger partial charge in [-0.3, -0.25) is 0 Å². The van der Waals surface area contributed by atoms with Crippen molar-refractivity contribution in [3.8, 4) is 11.5 Å². The normalized spacial score (nSPS) is 26.5. The van der Waals surface area contributed by atoms with Gasteiger partial charge in [0.15, 0.2) is 11.5 Å². The molecule has 0 heterocycles. The Bertz CT molecular complexity index is 401. The van der Waals surface area contributed by atoms with Gasteiger partial charge in [0, 0.05) is 0 Å². The summed E-state index contributed by atoms with van der Waals surface area (Å²) in [4.78, 5) is 0. The first-order valence-electron chi connectivity index (χ1n) is 5.59. The number of methoxy groups -OCH3 is 1. The van der Waals surface area contributed by atoms with E-state index in [-0.39, 0.29) is 11.2 Å². The molecule has 3 N–H and O–H groups in total. The largest absolute Gasteiger partial charge is 0.504 e. The molecule has 0 amide bonds. The van der Waals surface area contributed by atoms with Crippen molar-refractivity contribution >= 4 is 0 Å². The number of aromatic hydroxyl groups is 1. The maximum Gasteiger partial charge on any atom is 0.160 e. The van der Waals surface area contributed by atoms with Gasteiger partial charge in [-0.15, -0.1) is 0 Å². The highest BCUT2D eigenvalue weighted by Gasteiger charge is 2.57. The zero-order valence-corrected chi connectivity index (χ0v) is 10.0. The topological polar surface area (TPSA) is 55.5 Å². The molecule has 2 atom stereocenters. The second-order valence-corrected chi connectivity index (χ2v) is 5.07. The number of phenols is 1. The molecule has 0 aliphatic heterocycles. The first-order chi connectivity index (χ1) is 7.52. The molecule has 0 aromatic heterocycles. The summed E-state index contributed by atoms with van der Waals surface area (Å²) in [6.07, 6.45) is 0. The van der Waals surface area contributed by atoms with E-state index in [0.29, 0.717) is 24.1 Å². The summed E-state index contributed by atoms with van der Waals surface area (Å²) in [5.74, 6) is 1.73. The minimum Gasteiger partial charge on any atom is -0.504 e. The van der Waals surface area contributed by atoms with E-state index in [1.165, 1.54) is 5.56 Å². The molecule has 0 unspecified atom stereocenters. The number of nitrogens with two attached hydrogens (primary N) is 1. The number of phenolic OH excluding ortho intramolecular Hbond substituents is 1. The summed E-state index contributed by atoms with van der Waals surface area (Å²) >= 11 is 0. The van der Waals surface area contributed by atoms with Gasteiger partial charge in [0.1, 0.15) is 0 Å². The Kier molecular flexibility index (Phi) is 2.58. The van der Waals surface area contributed by atoms with Crippen molar-refractivity contribution in [1.82, 2.24) is 0 Å². The Hall–Kier alpha value is -1.22. The highest BCUT2D eigenvalue weighted by Crippen LogP contribution is 2.64. The van der Waals surface area contributed by atoms with E-state index in [4.69, 9.17) is 10.5 Å². The number of ether oxygens (including phenoxy) is 1. The Labute approximate surface area is 96.2 Å². The van der Waals surface area contributed by atoms with Crippen molar-refractivity contribution in [1.29, 1.82) is 0 Å². The maximum absolute atomic E-state index is 9.54. The molecule has 1 aliphatic carbocycles. The average molecular weight is 221 g/mol. The molecule has 88 valence electrons. The fourth-order valence-corrected chi connectivity index (χ4v) is 2.73. The van der Waals surface area contributed by atoms with Crippen LogP contribution in [0.5, 0.6) is 11.5 Å². The molecule has 2 rings (SSSR count). The third-order valence-corrected chi connectivity index (χ3v) is 3.87. The van der Waals surface area contributed by atoms with E-state index in [0.717, 1.165) is 0 Å². The van der Waals surface area contributed by atoms with E-state index in [2.05, 4.69) is 13.8 Å². The van der Waals surface area contributed by atoms with E-state index < -0.39 is 0 Å². The third-order valence-electron chi connectivity index (χ3n) is 3.87. The maximum atomic E-state index is 9.54. The van der Waals surface area contributed by atoms with Crippen molar-refractivity contribution in [3.05, 3.63) is 23.8 Å². The molecule has 0 radical (unpaired) electrons. The van der Waals surface area contributed by atoms with Gasteiger partial charge >= 0.3 is 0 Å². The van der Waals surface area contributed by atoms with Crippen molar-refractivity contribution in [2.75, 3.05) is 13.7 Å². The van der Waals surface area contributed by atoms with Crippen LogP contribution in [0, 0.1) is 11.3 Å². The Morgan fingerprint density at radius 2 is 2.12 bits per heavy atom. The average Bonchev–Trinajstić information content (AvgIpc) is 2.81. The number of hydrogen-bond donors (Lipinski definition) is 2. The molecule has 1 aromatic rings. The lowest BCUT2D eigenvalue weighted by Gasteiger charge is -2.07. The first kappa shape index (κ1) is 11.3. The zero-order valence-electron chi connectivity index (χ0n) is 10.0. The van der Waals surface area contributed by atoms with Crippen LogP contribution >= 0.6 is 0 Å². The molecule has 0 spiro atoms. The molecule has 1 aromatic carbocycles. The first-order valence-corrected chi connectivity index (χ1v) is 5.59. The van der Waals surface area contributed by atoms with Crippen LogP contribution in [0.1, 0.15) is 25.3 Å². The van der Waals surface area contributed by atoms with Gasteiger partial charge in [0.25, 0.3) is 0 Å². The summed E-state index contributed by atoms with van der Waals surface area (Å²) in [5, 5.41) is 9.54. The van der Waals surface area contributed by atoms with Crippen LogP contribution in [0.4, 0.5) is 0 Å². The SMILES string of the molecule is COc1cc([C@H]2[C@H](CN)C2(C)C)ccc1O. The molecular weight excluding hydrogens is 202 g/mol. The third kappa shape index (κ3) is 1.55. The van der Waals surface area contributed by atoms with Crippen molar-refractivity contribution in [3.63, 3.8) is 0 Å². The van der Waals surface area contributed by atoms with Crippen molar-refractivity contribution < 1.29 is 9.84 Å². The quantitative estimate of drug-likeness (QED) is 0.821. The van der Waals surface area contributed by atoms with Crippen LogP contribution in [0.2, 0.25) is 0 Å². The predicted octanol–water partition coefficient (Wildman–Crippen LogP) is 2.10. The Morgan fingerprint density at radius 1 is 1.44 bits per heavy atom. The number of benzene rings is 1. The minimum atomic E-state index is 0.189. The molecule has 16 heavy (non-hydrogen) atoms. The van der Waals surface area contributed by atoms with Crippen LogP contribution in [0.25, 0.3) is 0 Å². The zero-order chi connectivity index (χ0) is 11.9. The molecular formula is C13H19NO2. The lowest BCUT2D eigenvalue weighted by atomic mass is 10.0. The molecule has 0 bridgehead atoms.